The van der Waals surface area contributed by atoms with Gasteiger partial charge >= 0.3 is 11.9 Å². The van der Waals surface area contributed by atoms with Crippen LogP contribution < -0.4 is 23.7 Å². The van der Waals surface area contributed by atoms with Crippen LogP contribution in [0.3, 0.4) is 0 Å². The van der Waals surface area contributed by atoms with Crippen molar-refractivity contribution in [2.24, 2.45) is 11.8 Å². The number of ether oxygens (including phenoxy) is 7. The highest BCUT2D eigenvalue weighted by Crippen LogP contribution is 2.56. The predicted octanol–water partition coefficient (Wildman–Crippen LogP) is 3.37. The van der Waals surface area contributed by atoms with Gasteiger partial charge in [-0.3, -0.25) is 9.59 Å². The summed E-state index contributed by atoms with van der Waals surface area (Å²) in [6, 6.07) is 6.96. The third-order valence-corrected chi connectivity index (χ3v) is 6.51. The van der Waals surface area contributed by atoms with Gasteiger partial charge in [0, 0.05) is 23.8 Å². The van der Waals surface area contributed by atoms with Crippen molar-refractivity contribution in [1.82, 2.24) is 0 Å². The van der Waals surface area contributed by atoms with Crippen molar-refractivity contribution < 1.29 is 44.1 Å². The summed E-state index contributed by atoms with van der Waals surface area (Å²) in [5, 5.41) is 0. The number of carbonyl (C=O) groups is 2. The van der Waals surface area contributed by atoms with Crippen LogP contribution in [0.15, 0.2) is 24.3 Å². The van der Waals surface area contributed by atoms with Gasteiger partial charge in [-0.05, 0) is 35.4 Å². The van der Waals surface area contributed by atoms with Gasteiger partial charge in [0.15, 0.2) is 23.0 Å². The third-order valence-electron chi connectivity index (χ3n) is 6.51. The fourth-order valence-electron chi connectivity index (χ4n) is 4.96. The Morgan fingerprint density at radius 1 is 1.00 bits per heavy atom. The first-order chi connectivity index (χ1) is 16.9. The monoisotopic (exact) mass is 471 g/mol. The molecule has 0 N–H and O–H groups in total. The van der Waals surface area contributed by atoms with Gasteiger partial charge in [-0.25, -0.2) is 0 Å². The molecule has 4 atom stereocenters. The van der Waals surface area contributed by atoms with Crippen molar-refractivity contribution in [3.63, 3.8) is 0 Å². The van der Waals surface area contributed by atoms with Crippen molar-refractivity contribution in [3.8, 4) is 28.7 Å². The number of benzene rings is 2. The molecular weight excluding hydrogens is 444 g/mol. The minimum absolute atomic E-state index is 0.0295. The topological polar surface area (TPSA) is 98.8 Å². The van der Waals surface area contributed by atoms with Gasteiger partial charge in [-0.15, -0.1) is 0 Å². The van der Waals surface area contributed by atoms with Crippen LogP contribution in [0, 0.1) is 11.8 Å². The van der Waals surface area contributed by atoms with Crippen molar-refractivity contribution in [1.29, 1.82) is 0 Å². The van der Waals surface area contributed by atoms with Crippen LogP contribution in [0.2, 0.25) is 0 Å². The van der Waals surface area contributed by atoms with E-state index >= 15 is 0 Å². The maximum Gasteiger partial charge on any atom is 0.310 e. The van der Waals surface area contributed by atoms with E-state index in [2.05, 4.69) is 0 Å². The molecule has 5 rings (SSSR count). The Morgan fingerprint density at radius 2 is 1.65 bits per heavy atom. The Labute approximate surface area is 198 Å². The summed E-state index contributed by atoms with van der Waals surface area (Å²) in [4.78, 5) is 25.5. The quantitative estimate of drug-likeness (QED) is 0.587. The van der Waals surface area contributed by atoms with Gasteiger partial charge in [0.1, 0.15) is 6.08 Å². The molecule has 1 fully saturated rings. The largest absolute Gasteiger partial charge is 0.493 e. The first-order valence-corrected chi connectivity index (χ1v) is 11.0. The molecule has 2 aliphatic heterocycles. The van der Waals surface area contributed by atoms with Gasteiger partial charge in [-0.1, -0.05) is 6.92 Å². The van der Waals surface area contributed by atoms with Crippen molar-refractivity contribution in [2.45, 2.75) is 25.3 Å². The lowest BCUT2D eigenvalue weighted by molar-refractivity contribution is -0.154. The first kappa shape index (κ1) is 20.9. The molecule has 0 amide bonds. The molecule has 0 unspecified atom stereocenters. The van der Waals surface area contributed by atoms with Gasteiger partial charge in [0.25, 0.3) is 0 Å². The first-order valence-electron chi connectivity index (χ1n) is 11.5. The second-order valence-corrected chi connectivity index (χ2v) is 8.18. The Hall–Kier alpha value is -3.62. The van der Waals surface area contributed by atoms with Crippen molar-refractivity contribution >= 4 is 11.9 Å². The van der Waals surface area contributed by atoms with Crippen LogP contribution >= 0.6 is 0 Å². The number of hydrogen-bond donors (Lipinski definition) is 0. The third kappa shape index (κ3) is 3.38. The van der Waals surface area contributed by atoms with Gasteiger partial charge in [0.05, 0.1) is 35.2 Å². The molecule has 9 nitrogen and oxygen atoms in total. The molecule has 180 valence electrons. The van der Waals surface area contributed by atoms with E-state index in [1.165, 1.54) is 21.3 Å². The molecule has 0 spiro atoms. The molecule has 1 aliphatic carbocycles. The van der Waals surface area contributed by atoms with Crippen LogP contribution in [-0.4, -0.2) is 46.7 Å². The fourth-order valence-corrected chi connectivity index (χ4v) is 4.96. The lowest BCUT2D eigenvalue weighted by Crippen LogP contribution is -2.36. The molecule has 2 heterocycles. The summed E-state index contributed by atoms with van der Waals surface area (Å²) in [5.41, 5.74) is 1.71. The Morgan fingerprint density at radius 3 is 2.24 bits per heavy atom. The lowest BCUT2D eigenvalue weighted by atomic mass is 9.66. The van der Waals surface area contributed by atoms with Crippen molar-refractivity contribution in [2.75, 3.05) is 34.7 Å². The van der Waals surface area contributed by atoms with Gasteiger partial charge in [-0.2, -0.15) is 0 Å². The molecule has 9 heteroatoms. The smallest absolute Gasteiger partial charge is 0.310 e. The second kappa shape index (κ2) is 8.62. The van der Waals surface area contributed by atoms with Crippen LogP contribution in [0.5, 0.6) is 28.7 Å². The molecule has 0 bridgehead atoms. The molecule has 34 heavy (non-hydrogen) atoms. The summed E-state index contributed by atoms with van der Waals surface area (Å²) in [6.45, 7) is 1.63. The van der Waals surface area contributed by atoms with E-state index in [0.717, 1.165) is 0 Å². The molecule has 2 aromatic carbocycles. The fraction of sp³-hybridized carbons (Fsp3) is 0.440. The minimum Gasteiger partial charge on any atom is -0.493 e. The summed E-state index contributed by atoms with van der Waals surface area (Å²) in [6.07, 6.45) is -1.76. The number of cyclic esters (lactones) is 1. The summed E-state index contributed by atoms with van der Waals surface area (Å²) >= 11 is 0. The van der Waals surface area contributed by atoms with Crippen LogP contribution in [0.25, 0.3) is 0 Å². The minimum atomic E-state index is -1.85. The molecule has 0 aromatic heterocycles. The molecular formula is C25H26O9. The maximum atomic E-state index is 13.1. The van der Waals surface area contributed by atoms with Crippen LogP contribution in [0.4, 0.5) is 0 Å². The maximum absolute atomic E-state index is 13.1. The summed E-state index contributed by atoms with van der Waals surface area (Å²) in [7, 11) is 4.54. The summed E-state index contributed by atoms with van der Waals surface area (Å²) < 4.78 is 48.2. The number of fused-ring (bicyclic) bond motifs is 3. The number of rotatable bonds is 6. The van der Waals surface area contributed by atoms with E-state index in [1.807, 2.05) is 0 Å². The standard InChI is InChI=1S/C25H26O9/c1-5-20(26)34-23-14-9-17-16(32-11-33-17)8-13(14)21(22-15(23)10-31-25(22)27)12-6-18(28-2)24(30-4)19(7-12)29-3/h6-9,15,21-23H,5,10-11H2,1-4H3/t15-,21+,22+,23-/m0/s1/i23D. The van der Waals surface area contributed by atoms with Crippen molar-refractivity contribution in [3.05, 3.63) is 41.0 Å². The second-order valence-electron chi connectivity index (χ2n) is 8.18. The zero-order chi connectivity index (χ0) is 24.9. The highest BCUT2D eigenvalue weighted by atomic mass is 16.7. The molecule has 1 saturated heterocycles. The number of methoxy groups -OCH3 is 3. The van der Waals surface area contributed by atoms with E-state index in [0.29, 0.717) is 45.4 Å². The predicted molar refractivity (Wildman–Crippen MR) is 118 cm³/mol. The van der Waals surface area contributed by atoms with E-state index in [4.69, 9.17) is 33.2 Å². The van der Waals surface area contributed by atoms with E-state index in [1.54, 1.807) is 31.2 Å². The zero-order valence-corrected chi connectivity index (χ0v) is 19.3. The normalized spacial score (nSPS) is 26.6. The van der Waals surface area contributed by atoms with E-state index < -0.39 is 35.8 Å². The Kier molecular flexibility index (Phi) is 5.31. The molecule has 3 aliphatic rings. The van der Waals surface area contributed by atoms with E-state index in [9.17, 15) is 11.0 Å². The highest BCUT2D eigenvalue weighted by molar-refractivity contribution is 5.79. The van der Waals surface area contributed by atoms with Gasteiger partial charge in [0.2, 0.25) is 12.5 Å². The average molecular weight is 471 g/mol. The molecule has 0 saturated carbocycles. The number of esters is 2. The highest BCUT2D eigenvalue weighted by Gasteiger charge is 2.54. The zero-order valence-electron chi connectivity index (χ0n) is 20.3. The lowest BCUT2D eigenvalue weighted by Gasteiger charge is -2.38. The SMILES string of the molecule is [2H][C@]1(OC(=O)CC)c2cc3c(cc2[C@@H](c2cc(OC)c(OC)c(OC)c2)[C@@H]2C(=O)OC[C@@H]21)OCO3. The number of hydrogen-bond acceptors (Lipinski definition) is 9. The van der Waals surface area contributed by atoms with Crippen LogP contribution in [-0.2, 0) is 19.1 Å². The van der Waals surface area contributed by atoms with E-state index in [-0.39, 0.29) is 19.8 Å². The van der Waals surface area contributed by atoms with Crippen LogP contribution in [0.1, 0.15) is 43.4 Å². The van der Waals surface area contributed by atoms with Gasteiger partial charge < -0.3 is 33.2 Å². The molecule has 2 aromatic rings. The summed E-state index contributed by atoms with van der Waals surface area (Å²) in [5.74, 6) is -0.941. The Balaban J connectivity index is 1.78. The Bertz CT molecular complexity index is 1170. The number of carbonyl (C=O) groups excluding carboxylic acids is 2. The average Bonchev–Trinajstić information content (AvgIpc) is 3.49. The molecule has 0 radical (unpaired) electrons.